The Labute approximate surface area is 164 Å². The first-order valence-corrected chi connectivity index (χ1v) is 9.23. The van der Waals surface area contributed by atoms with Crippen molar-refractivity contribution in [3.8, 4) is 22.5 Å². The molecule has 0 atom stereocenters. The van der Waals surface area contributed by atoms with E-state index >= 15 is 0 Å². The van der Waals surface area contributed by atoms with Crippen molar-refractivity contribution >= 4 is 0 Å². The molecule has 28 heavy (non-hydrogen) atoms. The summed E-state index contributed by atoms with van der Waals surface area (Å²) in [6.07, 6.45) is 3.81. The van der Waals surface area contributed by atoms with Crippen molar-refractivity contribution in [3.63, 3.8) is 0 Å². The second-order valence-corrected chi connectivity index (χ2v) is 7.04. The van der Waals surface area contributed by atoms with E-state index in [1.807, 2.05) is 31.6 Å². The van der Waals surface area contributed by atoms with Crippen LogP contribution in [-0.2, 0) is 20.1 Å². The summed E-state index contributed by atoms with van der Waals surface area (Å²) in [6.45, 7) is 3.49. The predicted octanol–water partition coefficient (Wildman–Crippen LogP) is 4.08. The van der Waals surface area contributed by atoms with Gasteiger partial charge in [-0.15, -0.1) is 0 Å². The summed E-state index contributed by atoms with van der Waals surface area (Å²) in [5.74, 6) is 2.26. The van der Waals surface area contributed by atoms with Gasteiger partial charge in [-0.05, 0) is 23.7 Å². The van der Waals surface area contributed by atoms with Crippen LogP contribution in [0.5, 0.6) is 0 Å². The average molecular weight is 373 g/mol. The maximum Gasteiger partial charge on any atom is 0.223 e. The van der Waals surface area contributed by atoms with Crippen LogP contribution in [0, 0.1) is 6.92 Å². The molecule has 2 heterocycles. The number of benzene rings is 2. The molecule has 0 bridgehead atoms. The van der Waals surface area contributed by atoms with Gasteiger partial charge in [0.25, 0.3) is 0 Å². The Morgan fingerprint density at radius 2 is 1.57 bits per heavy atom. The van der Waals surface area contributed by atoms with E-state index in [-0.39, 0.29) is 0 Å². The standard InChI is InChI=1S/C22H23N5O/c1-16-24-22(25-28-16)20-10-8-19(9-11-20)18-6-4-17(5-7-18)14-26(2)15-21-23-12-13-27(21)3/h4-13H,14-15H2,1-3H3. The molecule has 0 N–H and O–H groups in total. The van der Waals surface area contributed by atoms with Crippen LogP contribution < -0.4 is 0 Å². The molecule has 6 heteroatoms. The molecule has 0 saturated carbocycles. The first-order chi connectivity index (χ1) is 13.6. The van der Waals surface area contributed by atoms with Crippen LogP contribution in [-0.4, -0.2) is 31.6 Å². The second-order valence-electron chi connectivity index (χ2n) is 7.04. The summed E-state index contributed by atoms with van der Waals surface area (Å²) in [7, 11) is 4.14. The van der Waals surface area contributed by atoms with Crippen molar-refractivity contribution in [1.82, 2.24) is 24.6 Å². The molecule has 4 rings (SSSR count). The zero-order valence-electron chi connectivity index (χ0n) is 16.3. The maximum absolute atomic E-state index is 5.05. The van der Waals surface area contributed by atoms with E-state index in [1.54, 1.807) is 6.92 Å². The molecule has 0 radical (unpaired) electrons. The number of hydrogen-bond acceptors (Lipinski definition) is 5. The van der Waals surface area contributed by atoms with Crippen molar-refractivity contribution < 1.29 is 4.52 Å². The molecule has 0 fully saturated rings. The lowest BCUT2D eigenvalue weighted by atomic mass is 10.0. The summed E-state index contributed by atoms with van der Waals surface area (Å²) in [4.78, 5) is 10.9. The van der Waals surface area contributed by atoms with E-state index in [4.69, 9.17) is 4.52 Å². The number of imidazole rings is 1. The van der Waals surface area contributed by atoms with Crippen LogP contribution in [0.25, 0.3) is 22.5 Å². The highest BCUT2D eigenvalue weighted by Crippen LogP contribution is 2.24. The van der Waals surface area contributed by atoms with Crippen molar-refractivity contribution in [1.29, 1.82) is 0 Å². The molecule has 0 saturated heterocycles. The molecule has 142 valence electrons. The van der Waals surface area contributed by atoms with Gasteiger partial charge >= 0.3 is 0 Å². The molecule has 0 amide bonds. The van der Waals surface area contributed by atoms with Gasteiger partial charge in [0.1, 0.15) is 5.82 Å². The third-order valence-corrected chi connectivity index (χ3v) is 4.74. The fraction of sp³-hybridized carbons (Fsp3) is 0.227. The molecule has 4 aromatic rings. The van der Waals surface area contributed by atoms with Gasteiger partial charge in [-0.2, -0.15) is 4.98 Å². The van der Waals surface area contributed by atoms with Gasteiger partial charge in [-0.1, -0.05) is 53.7 Å². The largest absolute Gasteiger partial charge is 0.339 e. The summed E-state index contributed by atoms with van der Waals surface area (Å²) in [5.41, 5.74) is 4.58. The topological polar surface area (TPSA) is 60.0 Å². The number of rotatable bonds is 6. The van der Waals surface area contributed by atoms with Gasteiger partial charge in [0.2, 0.25) is 11.7 Å². The van der Waals surface area contributed by atoms with E-state index < -0.39 is 0 Å². The third-order valence-electron chi connectivity index (χ3n) is 4.74. The normalized spacial score (nSPS) is 11.3. The van der Waals surface area contributed by atoms with Gasteiger partial charge in [0.05, 0.1) is 6.54 Å². The van der Waals surface area contributed by atoms with Crippen molar-refractivity contribution in [2.45, 2.75) is 20.0 Å². The molecule has 0 aliphatic carbocycles. The summed E-state index contributed by atoms with van der Waals surface area (Å²) < 4.78 is 7.10. The van der Waals surface area contributed by atoms with Gasteiger partial charge in [-0.25, -0.2) is 4.98 Å². The Bertz CT molecular complexity index is 1050. The summed E-state index contributed by atoms with van der Waals surface area (Å²) in [6, 6.07) is 16.9. The lowest BCUT2D eigenvalue weighted by molar-refractivity contribution is 0.307. The highest BCUT2D eigenvalue weighted by atomic mass is 16.5. The van der Waals surface area contributed by atoms with E-state index in [1.165, 1.54) is 11.1 Å². The summed E-state index contributed by atoms with van der Waals surface area (Å²) >= 11 is 0. The number of aryl methyl sites for hydroxylation is 2. The van der Waals surface area contributed by atoms with Crippen LogP contribution in [0.15, 0.2) is 65.4 Å². The van der Waals surface area contributed by atoms with E-state index in [9.17, 15) is 0 Å². The lowest BCUT2D eigenvalue weighted by Crippen LogP contribution is -2.19. The van der Waals surface area contributed by atoms with E-state index in [0.717, 1.165) is 30.0 Å². The zero-order valence-corrected chi connectivity index (χ0v) is 16.3. The number of aromatic nitrogens is 4. The first kappa shape index (κ1) is 18.1. The Hall–Kier alpha value is -3.25. The minimum Gasteiger partial charge on any atom is -0.339 e. The van der Waals surface area contributed by atoms with Crippen LogP contribution in [0.1, 0.15) is 17.3 Å². The lowest BCUT2D eigenvalue weighted by Gasteiger charge is -2.16. The predicted molar refractivity (Wildman–Crippen MR) is 108 cm³/mol. The quantitative estimate of drug-likeness (QED) is 0.510. The molecule has 6 nitrogen and oxygen atoms in total. The minimum atomic E-state index is 0.572. The minimum absolute atomic E-state index is 0.572. The van der Waals surface area contributed by atoms with Crippen LogP contribution in [0.3, 0.4) is 0 Å². The van der Waals surface area contributed by atoms with Crippen molar-refractivity contribution in [3.05, 3.63) is 78.2 Å². The molecular weight excluding hydrogens is 350 g/mol. The van der Waals surface area contributed by atoms with Crippen LogP contribution >= 0.6 is 0 Å². The molecule has 0 spiro atoms. The molecule has 0 aliphatic heterocycles. The Balaban J connectivity index is 1.42. The molecule has 0 unspecified atom stereocenters. The first-order valence-electron chi connectivity index (χ1n) is 9.23. The van der Waals surface area contributed by atoms with Gasteiger partial charge < -0.3 is 9.09 Å². The fourth-order valence-corrected chi connectivity index (χ4v) is 3.19. The Morgan fingerprint density at radius 1 is 0.929 bits per heavy atom. The van der Waals surface area contributed by atoms with Gasteiger partial charge in [0.15, 0.2) is 0 Å². The molecule has 2 aromatic carbocycles. The highest BCUT2D eigenvalue weighted by molar-refractivity contribution is 5.67. The Morgan fingerprint density at radius 3 is 2.14 bits per heavy atom. The molecular formula is C22H23N5O. The Kier molecular flexibility index (Phi) is 5.04. The van der Waals surface area contributed by atoms with Crippen molar-refractivity contribution in [2.24, 2.45) is 7.05 Å². The zero-order chi connectivity index (χ0) is 19.5. The number of hydrogen-bond donors (Lipinski definition) is 0. The van der Waals surface area contributed by atoms with E-state index in [0.29, 0.717) is 11.7 Å². The third kappa shape index (κ3) is 4.02. The summed E-state index contributed by atoms with van der Waals surface area (Å²) in [5, 5.41) is 3.96. The monoisotopic (exact) mass is 373 g/mol. The average Bonchev–Trinajstić information content (AvgIpc) is 3.31. The van der Waals surface area contributed by atoms with Gasteiger partial charge in [-0.3, -0.25) is 4.90 Å². The fourth-order valence-electron chi connectivity index (χ4n) is 3.19. The molecule has 2 aromatic heterocycles. The highest BCUT2D eigenvalue weighted by Gasteiger charge is 2.08. The van der Waals surface area contributed by atoms with Gasteiger partial charge in [0, 0.05) is 38.5 Å². The maximum atomic E-state index is 5.05. The second kappa shape index (κ2) is 7.78. The molecule has 0 aliphatic rings. The SMILES string of the molecule is Cc1nc(-c2ccc(-c3ccc(CN(C)Cc4nccn4C)cc3)cc2)no1. The smallest absolute Gasteiger partial charge is 0.223 e. The van der Waals surface area contributed by atoms with Crippen molar-refractivity contribution in [2.75, 3.05) is 7.05 Å². The van der Waals surface area contributed by atoms with E-state index in [2.05, 4.69) is 68.0 Å². The van der Waals surface area contributed by atoms with Crippen LogP contribution in [0.2, 0.25) is 0 Å². The number of nitrogens with zero attached hydrogens (tertiary/aromatic N) is 5. The van der Waals surface area contributed by atoms with Crippen LogP contribution in [0.4, 0.5) is 0 Å².